The second kappa shape index (κ2) is 7.03. The Hall–Kier alpha value is -2.70. The molecule has 2 aromatic rings. The Bertz CT molecular complexity index is 671. The van der Waals surface area contributed by atoms with Crippen molar-refractivity contribution in [2.75, 3.05) is 0 Å². The van der Waals surface area contributed by atoms with Gasteiger partial charge in [-0.25, -0.2) is 0 Å². The van der Waals surface area contributed by atoms with E-state index >= 15 is 0 Å². The lowest BCUT2D eigenvalue weighted by Crippen LogP contribution is -1.74. The van der Waals surface area contributed by atoms with Crippen LogP contribution >= 0.6 is 0 Å². The van der Waals surface area contributed by atoms with Crippen LogP contribution in [0, 0.1) is 0 Å². The zero-order valence-corrected chi connectivity index (χ0v) is 11.8. The summed E-state index contributed by atoms with van der Waals surface area (Å²) in [6.45, 7) is 4.02. The van der Waals surface area contributed by atoms with Crippen molar-refractivity contribution in [1.29, 1.82) is 0 Å². The third-order valence-electron chi connectivity index (χ3n) is 2.98. The van der Waals surface area contributed by atoms with E-state index in [1.54, 1.807) is 0 Å². The summed E-state index contributed by atoms with van der Waals surface area (Å²) in [5, 5.41) is 0. The van der Waals surface area contributed by atoms with Gasteiger partial charge in [-0.2, -0.15) is 0 Å². The summed E-state index contributed by atoms with van der Waals surface area (Å²) in [5.41, 5.74) is 16.4. The van der Waals surface area contributed by atoms with Crippen molar-refractivity contribution in [3.8, 4) is 0 Å². The van der Waals surface area contributed by atoms with Gasteiger partial charge in [0.25, 0.3) is 0 Å². The van der Waals surface area contributed by atoms with Gasteiger partial charge in [-0.05, 0) is 36.4 Å². The van der Waals surface area contributed by atoms with Crippen LogP contribution in [0.4, 0.5) is 0 Å². The molecule has 0 N–H and O–H groups in total. The van der Waals surface area contributed by atoms with E-state index < -0.39 is 0 Å². The largest absolute Gasteiger partial charge is 0.0622 e. The second-order valence-electron chi connectivity index (χ2n) is 4.48. The highest BCUT2D eigenvalue weighted by atomic mass is 13.9. The molecule has 0 spiro atoms. The quantitative estimate of drug-likeness (QED) is 0.643. The van der Waals surface area contributed by atoms with Crippen LogP contribution < -0.4 is 0 Å². The molecular formula is C20H16. The lowest BCUT2D eigenvalue weighted by atomic mass is 10.1. The standard InChI is InChI=1S/C20H16/c1-17(19-13-5-3-6-14-19)11-9-10-12-18(2)20-15-7-4-8-16-20/h3-8,13-16H,1-2H3. The van der Waals surface area contributed by atoms with E-state index in [0.717, 1.165) is 22.3 Å². The van der Waals surface area contributed by atoms with Crippen LogP contribution in [0.1, 0.15) is 25.0 Å². The van der Waals surface area contributed by atoms with Gasteiger partial charge in [-0.15, -0.1) is 0 Å². The van der Waals surface area contributed by atoms with Crippen LogP contribution in [0.2, 0.25) is 0 Å². The number of hydrogen-bond acceptors (Lipinski definition) is 0. The van der Waals surface area contributed by atoms with Crippen LogP contribution in [0.5, 0.6) is 0 Å². The summed E-state index contributed by atoms with van der Waals surface area (Å²) in [5.74, 6) is 0. The van der Waals surface area contributed by atoms with E-state index in [9.17, 15) is 0 Å². The lowest BCUT2D eigenvalue weighted by Gasteiger charge is -1.94. The topological polar surface area (TPSA) is 0 Å². The molecular weight excluding hydrogens is 240 g/mol. The Morgan fingerprint density at radius 3 is 1.30 bits per heavy atom. The highest BCUT2D eigenvalue weighted by Gasteiger charge is 1.90. The van der Waals surface area contributed by atoms with Gasteiger partial charge in [-0.3, -0.25) is 0 Å². The highest BCUT2D eigenvalue weighted by molar-refractivity contribution is 5.63. The van der Waals surface area contributed by atoms with Gasteiger partial charge in [0, 0.05) is 11.1 Å². The molecule has 0 aliphatic carbocycles. The number of rotatable bonds is 2. The minimum Gasteiger partial charge on any atom is -0.0622 e. The first-order valence-electron chi connectivity index (χ1n) is 6.57. The third-order valence-corrected chi connectivity index (χ3v) is 2.98. The summed E-state index contributed by atoms with van der Waals surface area (Å²) < 4.78 is 0. The van der Waals surface area contributed by atoms with Crippen molar-refractivity contribution in [3.63, 3.8) is 0 Å². The molecule has 0 heteroatoms. The van der Waals surface area contributed by atoms with Crippen molar-refractivity contribution in [3.05, 3.63) is 94.7 Å². The molecule has 0 aromatic heterocycles. The lowest BCUT2D eigenvalue weighted by molar-refractivity contribution is 1.57. The molecule has 0 bridgehead atoms. The molecule has 0 heterocycles. The van der Waals surface area contributed by atoms with E-state index in [-0.39, 0.29) is 0 Å². The SMILES string of the molecule is CC(=C=C=C=C=C(C)c1ccccc1)c1ccccc1. The monoisotopic (exact) mass is 256 g/mol. The van der Waals surface area contributed by atoms with Crippen molar-refractivity contribution >= 4 is 11.1 Å². The molecule has 20 heavy (non-hydrogen) atoms. The summed E-state index contributed by atoms with van der Waals surface area (Å²) >= 11 is 0. The molecule has 0 radical (unpaired) electrons. The molecule has 2 aromatic carbocycles. The Labute approximate surface area is 120 Å². The fourth-order valence-electron chi connectivity index (χ4n) is 1.77. The summed E-state index contributed by atoms with van der Waals surface area (Å²) in [4.78, 5) is 0. The van der Waals surface area contributed by atoms with Gasteiger partial charge in [0.1, 0.15) is 0 Å². The van der Waals surface area contributed by atoms with Crippen LogP contribution in [0.25, 0.3) is 11.1 Å². The molecule has 0 saturated heterocycles. The molecule has 0 aliphatic rings. The summed E-state index contributed by atoms with van der Waals surface area (Å²) in [7, 11) is 0. The molecule has 0 atom stereocenters. The maximum atomic E-state index is 3.09. The van der Waals surface area contributed by atoms with Crippen LogP contribution in [0.15, 0.2) is 83.6 Å². The first kappa shape index (κ1) is 13.7. The normalized spacial score (nSPS) is 8.70. The zero-order chi connectivity index (χ0) is 14.2. The highest BCUT2D eigenvalue weighted by Crippen LogP contribution is 2.11. The fourth-order valence-corrected chi connectivity index (χ4v) is 1.77. The Morgan fingerprint density at radius 2 is 0.950 bits per heavy atom. The zero-order valence-electron chi connectivity index (χ0n) is 11.8. The molecule has 0 amide bonds. The molecule has 0 nitrogen and oxygen atoms in total. The van der Waals surface area contributed by atoms with Gasteiger partial charge in [-0.1, -0.05) is 72.1 Å². The average Bonchev–Trinajstić information content (AvgIpc) is 2.53. The van der Waals surface area contributed by atoms with E-state index in [1.807, 2.05) is 50.2 Å². The van der Waals surface area contributed by atoms with Gasteiger partial charge in [0.05, 0.1) is 0 Å². The van der Waals surface area contributed by atoms with Crippen molar-refractivity contribution in [2.45, 2.75) is 13.8 Å². The van der Waals surface area contributed by atoms with Gasteiger partial charge in [0.2, 0.25) is 0 Å². The van der Waals surface area contributed by atoms with E-state index in [2.05, 4.69) is 47.2 Å². The summed E-state index contributed by atoms with van der Waals surface area (Å²) in [6, 6.07) is 20.3. The van der Waals surface area contributed by atoms with Crippen LogP contribution in [-0.4, -0.2) is 0 Å². The van der Waals surface area contributed by atoms with Gasteiger partial charge < -0.3 is 0 Å². The molecule has 96 valence electrons. The number of allylic oxidation sites excluding steroid dienone is 2. The molecule has 2 rings (SSSR count). The second-order valence-corrected chi connectivity index (χ2v) is 4.48. The van der Waals surface area contributed by atoms with Crippen molar-refractivity contribution in [2.24, 2.45) is 0 Å². The maximum absolute atomic E-state index is 3.09. The number of hydrogen-bond donors (Lipinski definition) is 0. The van der Waals surface area contributed by atoms with Gasteiger partial charge in [0.15, 0.2) is 0 Å². The third kappa shape index (κ3) is 3.91. The molecule has 0 saturated carbocycles. The minimum atomic E-state index is 1.04. The Kier molecular flexibility index (Phi) is 4.82. The predicted molar refractivity (Wildman–Crippen MR) is 85.1 cm³/mol. The van der Waals surface area contributed by atoms with E-state index in [1.165, 1.54) is 0 Å². The van der Waals surface area contributed by atoms with Crippen molar-refractivity contribution < 1.29 is 0 Å². The van der Waals surface area contributed by atoms with Gasteiger partial charge >= 0.3 is 0 Å². The fraction of sp³-hybridized carbons (Fsp3) is 0.100. The van der Waals surface area contributed by atoms with Crippen LogP contribution in [-0.2, 0) is 0 Å². The maximum Gasteiger partial charge on any atom is 0.00719 e. The first-order chi connectivity index (χ1) is 9.77. The smallest absolute Gasteiger partial charge is 0.00719 e. The average molecular weight is 256 g/mol. The first-order valence-corrected chi connectivity index (χ1v) is 6.57. The Balaban J connectivity index is 2.37. The van der Waals surface area contributed by atoms with Crippen molar-refractivity contribution in [1.82, 2.24) is 0 Å². The minimum absolute atomic E-state index is 1.04. The van der Waals surface area contributed by atoms with E-state index in [0.29, 0.717) is 0 Å². The summed E-state index contributed by atoms with van der Waals surface area (Å²) in [6.07, 6.45) is 0. The van der Waals surface area contributed by atoms with E-state index in [4.69, 9.17) is 0 Å². The molecule has 0 unspecified atom stereocenters. The molecule has 0 aliphatic heterocycles. The molecule has 0 fully saturated rings. The number of benzene rings is 2. The van der Waals surface area contributed by atoms with Crippen LogP contribution in [0.3, 0.4) is 0 Å². The Morgan fingerprint density at radius 1 is 0.600 bits per heavy atom. The predicted octanol–water partition coefficient (Wildman–Crippen LogP) is 5.26.